The normalized spacial score (nSPS) is 17.4. The van der Waals surface area contributed by atoms with Crippen molar-refractivity contribution in [3.05, 3.63) is 24.1 Å². The summed E-state index contributed by atoms with van der Waals surface area (Å²) in [5.41, 5.74) is 2.01. The van der Waals surface area contributed by atoms with Crippen LogP contribution in [0.1, 0.15) is 42.6 Å². The van der Waals surface area contributed by atoms with Gasteiger partial charge in [0.2, 0.25) is 0 Å². The first-order chi connectivity index (χ1) is 8.33. The van der Waals surface area contributed by atoms with Crippen LogP contribution in [0.3, 0.4) is 0 Å². The summed E-state index contributed by atoms with van der Waals surface area (Å²) in [5, 5.41) is 0. The number of carbonyl (C=O) groups excluding carboxylic acids is 1. The van der Waals surface area contributed by atoms with E-state index in [9.17, 15) is 4.79 Å². The standard InChI is InChI=1S/C13H15NO3/c15-13(17-9-4-2-1-3-5-9)11-8-12-10(14-11)6-7-16-12/h6-9,14H,1-5H2. The summed E-state index contributed by atoms with van der Waals surface area (Å²) in [5.74, 6) is -0.275. The molecule has 3 rings (SSSR count). The summed E-state index contributed by atoms with van der Waals surface area (Å²) in [6.45, 7) is 0. The van der Waals surface area contributed by atoms with Crippen LogP contribution in [-0.4, -0.2) is 17.1 Å². The van der Waals surface area contributed by atoms with Gasteiger partial charge in [-0.2, -0.15) is 0 Å². The van der Waals surface area contributed by atoms with E-state index in [0.717, 1.165) is 31.2 Å². The number of nitrogens with one attached hydrogen (secondary N) is 1. The Hall–Kier alpha value is -1.71. The minimum Gasteiger partial charge on any atom is -0.463 e. The molecule has 1 aliphatic rings. The molecule has 90 valence electrons. The molecule has 0 aromatic carbocycles. The molecule has 0 atom stereocenters. The van der Waals surface area contributed by atoms with Crippen LogP contribution in [0.25, 0.3) is 11.1 Å². The minimum atomic E-state index is -0.275. The van der Waals surface area contributed by atoms with Crippen molar-refractivity contribution >= 4 is 17.1 Å². The van der Waals surface area contributed by atoms with Crippen LogP contribution in [0.15, 0.2) is 22.8 Å². The van der Waals surface area contributed by atoms with E-state index in [-0.39, 0.29) is 12.1 Å². The van der Waals surface area contributed by atoms with Gasteiger partial charge in [-0.3, -0.25) is 0 Å². The van der Waals surface area contributed by atoms with Gasteiger partial charge >= 0.3 is 5.97 Å². The second kappa shape index (κ2) is 4.28. The Morgan fingerprint density at radius 1 is 1.35 bits per heavy atom. The molecule has 1 saturated carbocycles. The van der Waals surface area contributed by atoms with Crippen LogP contribution >= 0.6 is 0 Å². The predicted octanol–water partition coefficient (Wildman–Crippen LogP) is 3.25. The van der Waals surface area contributed by atoms with Gasteiger partial charge in [0.15, 0.2) is 5.58 Å². The molecule has 17 heavy (non-hydrogen) atoms. The van der Waals surface area contributed by atoms with E-state index < -0.39 is 0 Å². The third-order valence-corrected chi connectivity index (χ3v) is 3.29. The molecule has 4 heteroatoms. The Labute approximate surface area is 98.9 Å². The van der Waals surface area contributed by atoms with E-state index in [1.807, 2.05) is 0 Å². The molecule has 0 aliphatic heterocycles. The highest BCUT2D eigenvalue weighted by Crippen LogP contribution is 2.22. The number of H-pyrrole nitrogens is 1. The highest BCUT2D eigenvalue weighted by Gasteiger charge is 2.20. The Morgan fingerprint density at radius 3 is 2.94 bits per heavy atom. The van der Waals surface area contributed by atoms with Gasteiger partial charge in [-0.25, -0.2) is 4.79 Å². The number of carbonyl (C=O) groups is 1. The van der Waals surface area contributed by atoms with Crippen molar-refractivity contribution in [1.29, 1.82) is 0 Å². The lowest BCUT2D eigenvalue weighted by atomic mass is 9.98. The quantitative estimate of drug-likeness (QED) is 0.810. The van der Waals surface area contributed by atoms with Gasteiger partial charge < -0.3 is 14.1 Å². The monoisotopic (exact) mass is 233 g/mol. The fourth-order valence-electron chi connectivity index (χ4n) is 2.36. The van der Waals surface area contributed by atoms with Gasteiger partial charge in [-0.15, -0.1) is 0 Å². The van der Waals surface area contributed by atoms with Gasteiger partial charge in [0, 0.05) is 12.1 Å². The molecular weight excluding hydrogens is 218 g/mol. The lowest BCUT2D eigenvalue weighted by Crippen LogP contribution is -2.21. The summed E-state index contributed by atoms with van der Waals surface area (Å²) in [7, 11) is 0. The maximum atomic E-state index is 11.9. The van der Waals surface area contributed by atoms with Crippen LogP contribution in [-0.2, 0) is 4.74 Å². The lowest BCUT2D eigenvalue weighted by molar-refractivity contribution is 0.0205. The third kappa shape index (κ3) is 2.07. The third-order valence-electron chi connectivity index (χ3n) is 3.29. The van der Waals surface area contributed by atoms with E-state index in [1.54, 1.807) is 18.4 Å². The number of aromatic nitrogens is 1. The number of hydrogen-bond donors (Lipinski definition) is 1. The molecule has 2 aromatic rings. The van der Waals surface area contributed by atoms with Crippen LogP contribution in [0.5, 0.6) is 0 Å². The van der Waals surface area contributed by atoms with Crippen molar-refractivity contribution in [3.63, 3.8) is 0 Å². The molecule has 0 unspecified atom stereocenters. The first-order valence-corrected chi connectivity index (χ1v) is 6.10. The van der Waals surface area contributed by atoms with Crippen molar-refractivity contribution in [2.75, 3.05) is 0 Å². The Kier molecular flexibility index (Phi) is 2.63. The summed E-state index contributed by atoms with van der Waals surface area (Å²) < 4.78 is 10.7. The number of ether oxygens (including phenoxy) is 1. The fraction of sp³-hybridized carbons (Fsp3) is 0.462. The Balaban J connectivity index is 1.71. The van der Waals surface area contributed by atoms with Crippen LogP contribution in [0.2, 0.25) is 0 Å². The largest absolute Gasteiger partial charge is 0.463 e. The maximum Gasteiger partial charge on any atom is 0.355 e. The van der Waals surface area contributed by atoms with Gasteiger partial charge in [0.25, 0.3) is 0 Å². The zero-order valence-electron chi connectivity index (χ0n) is 9.57. The molecule has 0 bridgehead atoms. The van der Waals surface area contributed by atoms with Gasteiger partial charge in [0.1, 0.15) is 11.8 Å². The number of furan rings is 1. The lowest BCUT2D eigenvalue weighted by Gasteiger charge is -2.21. The zero-order chi connectivity index (χ0) is 11.7. The second-order valence-corrected chi connectivity index (χ2v) is 4.55. The molecule has 2 heterocycles. The van der Waals surface area contributed by atoms with E-state index in [1.165, 1.54) is 6.42 Å². The summed E-state index contributed by atoms with van der Waals surface area (Å²) in [6, 6.07) is 3.49. The number of esters is 1. The molecule has 0 spiro atoms. The average Bonchev–Trinajstić information content (AvgIpc) is 2.90. The second-order valence-electron chi connectivity index (χ2n) is 4.55. The molecule has 1 fully saturated rings. The molecular formula is C13H15NO3. The van der Waals surface area contributed by atoms with Gasteiger partial charge in [-0.05, 0) is 25.7 Å². The van der Waals surface area contributed by atoms with Crippen molar-refractivity contribution in [1.82, 2.24) is 4.98 Å². The highest BCUT2D eigenvalue weighted by atomic mass is 16.5. The van der Waals surface area contributed by atoms with Crippen molar-refractivity contribution in [3.8, 4) is 0 Å². The van der Waals surface area contributed by atoms with Crippen molar-refractivity contribution < 1.29 is 13.9 Å². The number of aromatic amines is 1. The van der Waals surface area contributed by atoms with Crippen molar-refractivity contribution in [2.24, 2.45) is 0 Å². The van der Waals surface area contributed by atoms with Crippen molar-refractivity contribution in [2.45, 2.75) is 38.2 Å². The number of rotatable bonds is 2. The molecule has 0 radical (unpaired) electrons. The SMILES string of the molecule is O=C(OC1CCCCC1)c1cc2occc2[nH]1. The first kappa shape index (κ1) is 10.4. The first-order valence-electron chi connectivity index (χ1n) is 6.10. The molecule has 0 amide bonds. The molecule has 0 saturated heterocycles. The molecule has 4 nitrogen and oxygen atoms in total. The fourth-order valence-corrected chi connectivity index (χ4v) is 2.36. The smallest absolute Gasteiger partial charge is 0.355 e. The summed E-state index contributed by atoms with van der Waals surface area (Å²) in [6.07, 6.45) is 7.23. The van der Waals surface area contributed by atoms with Crippen LogP contribution in [0, 0.1) is 0 Å². The zero-order valence-corrected chi connectivity index (χ0v) is 9.57. The van der Waals surface area contributed by atoms with Gasteiger partial charge in [0.05, 0.1) is 11.8 Å². The topological polar surface area (TPSA) is 55.2 Å². The minimum absolute atomic E-state index is 0.0888. The summed E-state index contributed by atoms with van der Waals surface area (Å²) >= 11 is 0. The Bertz CT molecular complexity index is 491. The predicted molar refractivity (Wildman–Crippen MR) is 62.9 cm³/mol. The highest BCUT2D eigenvalue weighted by molar-refractivity contribution is 5.93. The molecule has 1 N–H and O–H groups in total. The number of fused-ring (bicyclic) bond motifs is 1. The molecule has 1 aliphatic carbocycles. The van der Waals surface area contributed by atoms with Crippen LogP contribution < -0.4 is 0 Å². The van der Waals surface area contributed by atoms with E-state index in [0.29, 0.717) is 11.3 Å². The molecule has 2 aromatic heterocycles. The average molecular weight is 233 g/mol. The van der Waals surface area contributed by atoms with Crippen LogP contribution in [0.4, 0.5) is 0 Å². The van der Waals surface area contributed by atoms with E-state index >= 15 is 0 Å². The Morgan fingerprint density at radius 2 is 2.18 bits per heavy atom. The van der Waals surface area contributed by atoms with E-state index in [2.05, 4.69) is 4.98 Å². The van der Waals surface area contributed by atoms with E-state index in [4.69, 9.17) is 9.15 Å². The summed E-state index contributed by atoms with van der Waals surface area (Å²) in [4.78, 5) is 14.9. The maximum absolute atomic E-state index is 11.9. The van der Waals surface area contributed by atoms with Gasteiger partial charge in [-0.1, -0.05) is 6.42 Å². The number of hydrogen-bond acceptors (Lipinski definition) is 3.